The van der Waals surface area contributed by atoms with E-state index >= 15 is 0 Å². The first-order valence-electron chi connectivity index (χ1n) is 5.11. The van der Waals surface area contributed by atoms with Gasteiger partial charge in [0.1, 0.15) is 24.4 Å². The van der Waals surface area contributed by atoms with Gasteiger partial charge in [-0.2, -0.15) is 0 Å². The van der Waals surface area contributed by atoms with Crippen molar-refractivity contribution in [3.8, 4) is 0 Å². The summed E-state index contributed by atoms with van der Waals surface area (Å²) in [6, 6.07) is 0. The quantitative estimate of drug-likeness (QED) is 0.420. The summed E-state index contributed by atoms with van der Waals surface area (Å²) in [5.41, 5.74) is 8.40. The molecular weight excluding hydrogens is 230 g/mol. The van der Waals surface area contributed by atoms with Crippen molar-refractivity contribution >= 4 is 0 Å². The van der Waals surface area contributed by atoms with E-state index in [0.29, 0.717) is 0 Å². The van der Waals surface area contributed by atoms with Crippen molar-refractivity contribution in [2.75, 3.05) is 27.9 Å². The second kappa shape index (κ2) is 6.75. The van der Waals surface area contributed by atoms with E-state index in [4.69, 9.17) is 24.5 Å². The zero-order valence-corrected chi connectivity index (χ0v) is 10.0. The average molecular weight is 247 g/mol. The Balaban J connectivity index is 2.88. The number of ether oxygens (including phenoxy) is 4. The third-order valence-corrected chi connectivity index (χ3v) is 2.67. The Morgan fingerprint density at radius 2 is 1.94 bits per heavy atom. The number of azide groups is 1. The fourth-order valence-corrected chi connectivity index (χ4v) is 1.91. The van der Waals surface area contributed by atoms with Crippen molar-refractivity contribution in [1.29, 1.82) is 0 Å². The zero-order valence-electron chi connectivity index (χ0n) is 10.0. The summed E-state index contributed by atoms with van der Waals surface area (Å²) in [5.74, 6) is 0. The standard InChI is InChI=1S/C9H17N3O5/c1-14-4-5-7(15-2)8(16-3)6(13)9(17-5)11-12-10/h5-9,13H,4H2,1-3H3/t5-,6+,7-,8-,9+/m1/s1. The van der Waals surface area contributed by atoms with Crippen molar-refractivity contribution in [2.24, 2.45) is 5.11 Å². The normalized spacial score (nSPS) is 37.5. The highest BCUT2D eigenvalue weighted by Gasteiger charge is 2.45. The lowest BCUT2D eigenvalue weighted by Gasteiger charge is -2.41. The van der Waals surface area contributed by atoms with Gasteiger partial charge in [-0.05, 0) is 5.53 Å². The molecule has 0 aromatic rings. The molecule has 0 amide bonds. The van der Waals surface area contributed by atoms with E-state index < -0.39 is 30.6 Å². The molecule has 1 aliphatic heterocycles. The summed E-state index contributed by atoms with van der Waals surface area (Å²) < 4.78 is 20.8. The topological polar surface area (TPSA) is 106 Å². The zero-order chi connectivity index (χ0) is 12.8. The van der Waals surface area contributed by atoms with E-state index in [9.17, 15) is 5.11 Å². The molecule has 17 heavy (non-hydrogen) atoms. The molecule has 0 radical (unpaired) electrons. The summed E-state index contributed by atoms with van der Waals surface area (Å²) >= 11 is 0. The van der Waals surface area contributed by atoms with Gasteiger partial charge in [0.25, 0.3) is 0 Å². The number of methoxy groups -OCH3 is 3. The van der Waals surface area contributed by atoms with Gasteiger partial charge in [0, 0.05) is 26.2 Å². The maximum Gasteiger partial charge on any atom is 0.165 e. The Labute approximate surface area is 99.0 Å². The third-order valence-electron chi connectivity index (χ3n) is 2.67. The summed E-state index contributed by atoms with van der Waals surface area (Å²) in [5, 5.41) is 13.3. The van der Waals surface area contributed by atoms with Gasteiger partial charge >= 0.3 is 0 Å². The lowest BCUT2D eigenvalue weighted by molar-refractivity contribution is -0.242. The van der Waals surface area contributed by atoms with Gasteiger partial charge in [-0.3, -0.25) is 0 Å². The highest BCUT2D eigenvalue weighted by atomic mass is 16.6. The number of rotatable bonds is 5. The molecule has 0 aliphatic carbocycles. The Hall–Kier alpha value is -0.890. The van der Waals surface area contributed by atoms with Crippen LogP contribution in [0.15, 0.2) is 5.11 Å². The summed E-state index contributed by atoms with van der Waals surface area (Å²) in [6.45, 7) is 0.253. The van der Waals surface area contributed by atoms with Crippen molar-refractivity contribution in [1.82, 2.24) is 0 Å². The Bertz CT molecular complexity index is 284. The van der Waals surface area contributed by atoms with Gasteiger partial charge in [0.2, 0.25) is 0 Å². The summed E-state index contributed by atoms with van der Waals surface area (Å²) in [4.78, 5) is 2.63. The molecule has 0 aromatic carbocycles. The van der Waals surface area contributed by atoms with Gasteiger partial charge in [-0.25, -0.2) is 0 Å². The van der Waals surface area contributed by atoms with E-state index in [2.05, 4.69) is 10.0 Å². The van der Waals surface area contributed by atoms with Gasteiger partial charge in [-0.15, -0.1) is 0 Å². The second-order valence-electron chi connectivity index (χ2n) is 3.62. The second-order valence-corrected chi connectivity index (χ2v) is 3.62. The predicted octanol–water partition coefficient (Wildman–Crippen LogP) is 0.0589. The van der Waals surface area contributed by atoms with Crippen LogP contribution >= 0.6 is 0 Å². The molecule has 1 aliphatic rings. The first kappa shape index (κ1) is 14.2. The first-order chi connectivity index (χ1) is 8.19. The van der Waals surface area contributed by atoms with Crippen molar-refractivity contribution in [2.45, 2.75) is 30.6 Å². The highest BCUT2D eigenvalue weighted by molar-refractivity contribution is 4.93. The van der Waals surface area contributed by atoms with Crippen LogP contribution in [0.2, 0.25) is 0 Å². The summed E-state index contributed by atoms with van der Waals surface area (Å²) in [6.07, 6.45) is -3.66. The van der Waals surface area contributed by atoms with Crippen LogP contribution in [-0.2, 0) is 18.9 Å². The van der Waals surface area contributed by atoms with Gasteiger partial charge in [0.15, 0.2) is 6.23 Å². The van der Waals surface area contributed by atoms with Crippen molar-refractivity contribution in [3.63, 3.8) is 0 Å². The van der Waals surface area contributed by atoms with E-state index in [-0.39, 0.29) is 6.61 Å². The van der Waals surface area contributed by atoms with Crippen LogP contribution in [0.5, 0.6) is 0 Å². The Morgan fingerprint density at radius 3 is 2.41 bits per heavy atom. The Kier molecular flexibility index (Phi) is 5.63. The maximum atomic E-state index is 9.91. The van der Waals surface area contributed by atoms with E-state index in [1.165, 1.54) is 21.3 Å². The largest absolute Gasteiger partial charge is 0.387 e. The molecule has 1 rings (SSSR count). The van der Waals surface area contributed by atoms with Gasteiger partial charge < -0.3 is 24.1 Å². The molecule has 1 heterocycles. The molecule has 0 spiro atoms. The number of nitrogens with zero attached hydrogens (tertiary/aromatic N) is 3. The minimum absolute atomic E-state index is 0.253. The average Bonchev–Trinajstić information content (AvgIpc) is 2.33. The van der Waals surface area contributed by atoms with Crippen LogP contribution in [0.4, 0.5) is 0 Å². The van der Waals surface area contributed by atoms with Crippen LogP contribution < -0.4 is 0 Å². The molecule has 0 aromatic heterocycles. The molecule has 98 valence electrons. The van der Waals surface area contributed by atoms with Crippen LogP contribution in [0.3, 0.4) is 0 Å². The smallest absolute Gasteiger partial charge is 0.165 e. The lowest BCUT2D eigenvalue weighted by atomic mass is 9.98. The van der Waals surface area contributed by atoms with Crippen molar-refractivity contribution in [3.05, 3.63) is 10.4 Å². The number of aliphatic hydroxyl groups excluding tert-OH is 1. The minimum atomic E-state index is -1.08. The van der Waals surface area contributed by atoms with Crippen LogP contribution in [-0.4, -0.2) is 63.7 Å². The molecule has 1 fully saturated rings. The predicted molar refractivity (Wildman–Crippen MR) is 57.3 cm³/mol. The van der Waals surface area contributed by atoms with Gasteiger partial charge in [0.05, 0.1) is 6.61 Å². The molecule has 0 unspecified atom stereocenters. The highest BCUT2D eigenvalue weighted by Crippen LogP contribution is 2.26. The fraction of sp³-hybridized carbons (Fsp3) is 1.00. The summed E-state index contributed by atoms with van der Waals surface area (Å²) in [7, 11) is 4.46. The lowest BCUT2D eigenvalue weighted by Crippen LogP contribution is -2.59. The van der Waals surface area contributed by atoms with E-state index in [1.807, 2.05) is 0 Å². The van der Waals surface area contributed by atoms with E-state index in [1.54, 1.807) is 0 Å². The molecule has 1 saturated heterocycles. The first-order valence-corrected chi connectivity index (χ1v) is 5.11. The molecule has 8 nitrogen and oxygen atoms in total. The minimum Gasteiger partial charge on any atom is -0.387 e. The molecule has 8 heteroatoms. The fourth-order valence-electron chi connectivity index (χ4n) is 1.91. The number of aliphatic hydroxyl groups is 1. The number of hydrogen-bond acceptors (Lipinski definition) is 6. The van der Waals surface area contributed by atoms with Crippen LogP contribution in [0.1, 0.15) is 0 Å². The molecule has 0 bridgehead atoms. The van der Waals surface area contributed by atoms with Gasteiger partial charge in [-0.1, -0.05) is 5.11 Å². The molecular formula is C9H17N3O5. The van der Waals surface area contributed by atoms with Crippen LogP contribution in [0, 0.1) is 0 Å². The van der Waals surface area contributed by atoms with E-state index in [0.717, 1.165) is 0 Å². The maximum absolute atomic E-state index is 9.91. The third kappa shape index (κ3) is 3.06. The van der Waals surface area contributed by atoms with Crippen molar-refractivity contribution < 1.29 is 24.1 Å². The molecule has 1 N–H and O–H groups in total. The van der Waals surface area contributed by atoms with Crippen LogP contribution in [0.25, 0.3) is 10.4 Å². The molecule has 5 atom stereocenters. The molecule has 0 saturated carbocycles. The monoisotopic (exact) mass is 247 g/mol. The SMILES string of the molecule is COC[C@H]1O[C@H](N=[N+]=[N-])[C@@H](O)[C@@H](OC)[C@@H]1OC. The number of hydrogen-bond donors (Lipinski definition) is 1. The Morgan fingerprint density at radius 1 is 1.29 bits per heavy atom.